The van der Waals surface area contributed by atoms with Gasteiger partial charge in [-0.15, -0.1) is 0 Å². The van der Waals surface area contributed by atoms with Gasteiger partial charge < -0.3 is 24.4 Å². The van der Waals surface area contributed by atoms with Crippen molar-refractivity contribution in [1.29, 1.82) is 0 Å². The summed E-state index contributed by atoms with van der Waals surface area (Å²) in [6.45, 7) is 2.66. The summed E-state index contributed by atoms with van der Waals surface area (Å²) in [6, 6.07) is 17.4. The second-order valence-corrected chi connectivity index (χ2v) is 8.99. The highest BCUT2D eigenvalue weighted by Gasteiger charge is 2.49. The first-order valence-electron chi connectivity index (χ1n) is 11.6. The van der Waals surface area contributed by atoms with E-state index in [2.05, 4.69) is 37.6 Å². The van der Waals surface area contributed by atoms with Gasteiger partial charge in [-0.05, 0) is 37.3 Å². The number of fused-ring (bicyclic) bond motifs is 1. The Morgan fingerprint density at radius 1 is 1.00 bits per heavy atom. The molecule has 2 saturated heterocycles. The molecule has 2 fully saturated rings. The number of hydrogen-bond acceptors (Lipinski definition) is 8. The normalized spacial score (nSPS) is 22.9. The van der Waals surface area contributed by atoms with Gasteiger partial charge in [0.2, 0.25) is 5.95 Å². The van der Waals surface area contributed by atoms with Crippen molar-refractivity contribution >= 4 is 23.4 Å². The van der Waals surface area contributed by atoms with E-state index in [0.29, 0.717) is 18.2 Å². The molecule has 35 heavy (non-hydrogen) atoms. The smallest absolute Gasteiger partial charge is 0.412 e. The molecule has 9 nitrogen and oxygen atoms in total. The zero-order valence-electron chi connectivity index (χ0n) is 20.0. The molecule has 5 rings (SSSR count). The van der Waals surface area contributed by atoms with Crippen LogP contribution in [0.5, 0.6) is 0 Å². The monoisotopic (exact) mass is 475 g/mol. The van der Waals surface area contributed by atoms with E-state index >= 15 is 0 Å². The number of aromatic nitrogens is 2. The van der Waals surface area contributed by atoms with Crippen LogP contribution >= 0.6 is 0 Å². The van der Waals surface area contributed by atoms with Crippen molar-refractivity contribution in [3.8, 4) is 11.3 Å². The van der Waals surface area contributed by atoms with Crippen LogP contribution < -0.4 is 15.5 Å². The highest BCUT2D eigenvalue weighted by atomic mass is 16.6. The number of rotatable bonds is 6. The van der Waals surface area contributed by atoms with Crippen LogP contribution in [0.2, 0.25) is 0 Å². The minimum absolute atomic E-state index is 0.153. The van der Waals surface area contributed by atoms with E-state index in [1.807, 2.05) is 63.5 Å². The van der Waals surface area contributed by atoms with E-state index < -0.39 is 12.2 Å². The summed E-state index contributed by atoms with van der Waals surface area (Å²) < 4.78 is 17.5. The zero-order valence-corrected chi connectivity index (χ0v) is 20.0. The number of ether oxygens (including phenoxy) is 3. The predicted octanol–water partition coefficient (Wildman–Crippen LogP) is 3.71. The molecule has 0 bridgehead atoms. The number of anilines is 3. The van der Waals surface area contributed by atoms with E-state index in [4.69, 9.17) is 14.2 Å². The molecule has 1 amide bonds. The highest BCUT2D eigenvalue weighted by molar-refractivity contribution is 5.84. The number of hydrogen-bond donors (Lipinski definition) is 2. The Bertz CT molecular complexity index is 1170. The van der Waals surface area contributed by atoms with E-state index in [0.717, 1.165) is 22.5 Å². The van der Waals surface area contributed by atoms with Gasteiger partial charge in [-0.3, -0.25) is 5.32 Å². The molecule has 4 unspecified atom stereocenters. The van der Waals surface area contributed by atoms with Gasteiger partial charge in [0.25, 0.3) is 0 Å². The molecule has 9 heteroatoms. The highest BCUT2D eigenvalue weighted by Crippen LogP contribution is 2.31. The molecule has 182 valence electrons. The number of carbonyl (C=O) groups excluding carboxylic acids is 1. The zero-order chi connectivity index (χ0) is 24.4. The summed E-state index contributed by atoms with van der Waals surface area (Å²) >= 11 is 0. The van der Waals surface area contributed by atoms with E-state index in [1.165, 1.54) is 0 Å². The molecule has 4 atom stereocenters. The van der Waals surface area contributed by atoms with Crippen molar-refractivity contribution in [2.24, 2.45) is 0 Å². The molecule has 0 spiro atoms. The largest absolute Gasteiger partial charge is 0.441 e. The molecule has 0 aliphatic carbocycles. The summed E-state index contributed by atoms with van der Waals surface area (Å²) in [5.41, 5.74) is 4.75. The van der Waals surface area contributed by atoms with Crippen molar-refractivity contribution in [3.05, 3.63) is 66.4 Å². The molecule has 3 heterocycles. The fourth-order valence-electron chi connectivity index (χ4n) is 4.30. The average molecular weight is 476 g/mol. The third-order valence-electron chi connectivity index (χ3n) is 6.21. The topological polar surface area (TPSA) is 97.8 Å². The Morgan fingerprint density at radius 3 is 2.49 bits per heavy atom. The summed E-state index contributed by atoms with van der Waals surface area (Å²) in [5, 5.41) is 6.08. The Morgan fingerprint density at radius 2 is 1.74 bits per heavy atom. The van der Waals surface area contributed by atoms with Crippen LogP contribution in [0, 0.1) is 6.92 Å². The third-order valence-corrected chi connectivity index (χ3v) is 6.21. The van der Waals surface area contributed by atoms with Gasteiger partial charge in [-0.2, -0.15) is 0 Å². The molecule has 3 aromatic rings. The van der Waals surface area contributed by atoms with Crippen LogP contribution in [0.25, 0.3) is 11.3 Å². The van der Waals surface area contributed by atoms with Gasteiger partial charge in [0, 0.05) is 37.2 Å². The van der Waals surface area contributed by atoms with Crippen molar-refractivity contribution in [1.82, 2.24) is 9.97 Å². The lowest BCUT2D eigenvalue weighted by atomic mass is 10.1. The fourth-order valence-corrected chi connectivity index (χ4v) is 4.30. The Balaban J connectivity index is 1.19. The van der Waals surface area contributed by atoms with Gasteiger partial charge in [-0.1, -0.05) is 29.8 Å². The number of nitrogens with one attached hydrogen (secondary N) is 2. The Hall–Kier alpha value is -3.69. The third kappa shape index (κ3) is 5.21. The minimum atomic E-state index is -0.528. The first-order chi connectivity index (χ1) is 17.0. The number of aryl methyl sites for hydroxylation is 1. The van der Waals surface area contributed by atoms with E-state index in [9.17, 15) is 4.79 Å². The summed E-state index contributed by atoms with van der Waals surface area (Å²) in [7, 11) is 4.02. The van der Waals surface area contributed by atoms with Crippen LogP contribution in [-0.4, -0.2) is 67.7 Å². The van der Waals surface area contributed by atoms with E-state index in [1.54, 1.807) is 6.20 Å². The molecular weight excluding hydrogens is 446 g/mol. The molecule has 1 aromatic heterocycles. The summed E-state index contributed by atoms with van der Waals surface area (Å²) in [5.74, 6) is 0.499. The SMILES string of the molecule is Cc1ccc(NC(=O)OC2COC3C(Nc4nccc(-c5ccc(N(C)C)cc5)n4)COC23)cc1. The number of carbonyl (C=O) groups is 1. The predicted molar refractivity (Wildman–Crippen MR) is 134 cm³/mol. The molecule has 0 saturated carbocycles. The lowest BCUT2D eigenvalue weighted by Crippen LogP contribution is -2.38. The molecule has 2 aliphatic heterocycles. The molecule has 2 aliphatic rings. The number of benzene rings is 2. The van der Waals surface area contributed by atoms with Gasteiger partial charge in [0.1, 0.15) is 12.2 Å². The lowest BCUT2D eigenvalue weighted by molar-refractivity contribution is 0.00917. The molecule has 2 N–H and O–H groups in total. The number of nitrogens with zero attached hydrogens (tertiary/aromatic N) is 3. The van der Waals surface area contributed by atoms with Crippen LogP contribution in [0.15, 0.2) is 60.8 Å². The van der Waals surface area contributed by atoms with Crippen LogP contribution in [-0.2, 0) is 14.2 Å². The first-order valence-corrected chi connectivity index (χ1v) is 11.6. The second kappa shape index (κ2) is 9.89. The van der Waals surface area contributed by atoms with Gasteiger partial charge in [0.15, 0.2) is 6.10 Å². The maximum Gasteiger partial charge on any atom is 0.412 e. The van der Waals surface area contributed by atoms with Gasteiger partial charge in [-0.25, -0.2) is 14.8 Å². The van der Waals surface area contributed by atoms with Crippen LogP contribution in [0.3, 0.4) is 0 Å². The maximum atomic E-state index is 12.4. The minimum Gasteiger partial charge on any atom is -0.441 e. The molecule has 0 radical (unpaired) electrons. The van der Waals surface area contributed by atoms with Crippen molar-refractivity contribution in [3.63, 3.8) is 0 Å². The summed E-state index contributed by atoms with van der Waals surface area (Å²) in [4.78, 5) is 23.5. The van der Waals surface area contributed by atoms with Crippen LogP contribution in [0.1, 0.15) is 5.56 Å². The standard InChI is InChI=1S/C26H29N5O4/c1-16-4-8-18(9-5-16)28-26(32)35-22-15-34-23-21(14-33-24(22)23)30-25-27-13-12-20(29-25)17-6-10-19(11-7-17)31(2)3/h4-13,21-24H,14-15H2,1-3H3,(H,28,32)(H,27,29,30). The first kappa shape index (κ1) is 23.1. The fraction of sp³-hybridized carbons (Fsp3) is 0.346. The van der Waals surface area contributed by atoms with Crippen molar-refractivity contribution in [2.75, 3.05) is 42.8 Å². The molecular formula is C26H29N5O4. The molecule has 2 aromatic carbocycles. The Kier molecular flexibility index (Phi) is 6.52. The average Bonchev–Trinajstić information content (AvgIpc) is 3.44. The quantitative estimate of drug-likeness (QED) is 0.557. The van der Waals surface area contributed by atoms with E-state index in [-0.39, 0.29) is 24.9 Å². The summed E-state index contributed by atoms with van der Waals surface area (Å²) in [6.07, 6.45) is 0.102. The Labute approximate surface area is 204 Å². The van der Waals surface area contributed by atoms with Crippen LogP contribution in [0.4, 0.5) is 22.1 Å². The second-order valence-electron chi connectivity index (χ2n) is 8.99. The maximum absolute atomic E-state index is 12.4. The van der Waals surface area contributed by atoms with Gasteiger partial charge >= 0.3 is 6.09 Å². The number of amides is 1. The van der Waals surface area contributed by atoms with Crippen molar-refractivity contribution < 1.29 is 19.0 Å². The van der Waals surface area contributed by atoms with Gasteiger partial charge in [0.05, 0.1) is 24.9 Å². The lowest BCUT2D eigenvalue weighted by Gasteiger charge is -2.18. The van der Waals surface area contributed by atoms with Crippen molar-refractivity contribution in [2.45, 2.75) is 31.3 Å².